The second-order valence-corrected chi connectivity index (χ2v) is 10.1. The van der Waals surface area contributed by atoms with Crippen LogP contribution in [0.3, 0.4) is 0 Å². The van der Waals surface area contributed by atoms with Gasteiger partial charge in [0, 0.05) is 29.8 Å². The van der Waals surface area contributed by atoms with Crippen molar-refractivity contribution in [3.8, 4) is 0 Å². The molecule has 0 aromatic heterocycles. The summed E-state index contributed by atoms with van der Waals surface area (Å²) < 4.78 is 0. The molecular weight excluding hydrogens is 396 g/mol. The van der Waals surface area contributed by atoms with E-state index in [2.05, 4.69) is 6.92 Å². The van der Waals surface area contributed by atoms with E-state index >= 15 is 0 Å². The molecule has 0 saturated heterocycles. The molecule has 6 nitrogen and oxygen atoms in total. The lowest BCUT2D eigenvalue weighted by Crippen LogP contribution is -2.60. The van der Waals surface area contributed by atoms with Gasteiger partial charge in [-0.05, 0) is 56.1 Å². The fourth-order valence-electron chi connectivity index (χ4n) is 6.78. The number of ketones is 3. The van der Waals surface area contributed by atoms with Crippen LogP contribution in [0.5, 0.6) is 0 Å². The molecule has 0 unspecified atom stereocenters. The molecule has 0 bridgehead atoms. The molecule has 0 aliphatic heterocycles. The van der Waals surface area contributed by atoms with Crippen LogP contribution in [-0.2, 0) is 14.4 Å². The summed E-state index contributed by atoms with van der Waals surface area (Å²) in [6.07, 6.45) is 9.86. The van der Waals surface area contributed by atoms with Crippen LogP contribution in [0.4, 0.5) is 0 Å². The minimum absolute atomic E-state index is 0.0206. The summed E-state index contributed by atoms with van der Waals surface area (Å²) in [6.45, 7) is 5.59. The Morgan fingerprint density at radius 1 is 1.19 bits per heavy atom. The third kappa shape index (κ3) is 3.66. The Balaban J connectivity index is 0.000000491. The smallest absolute Gasteiger partial charge is 0.190 e. The zero-order chi connectivity index (χ0) is 23.0. The van der Waals surface area contributed by atoms with Gasteiger partial charge < -0.3 is 15.3 Å². The van der Waals surface area contributed by atoms with Crippen molar-refractivity contribution in [3.05, 3.63) is 23.8 Å². The summed E-state index contributed by atoms with van der Waals surface area (Å²) in [5.74, 6) is -0.590. The van der Waals surface area contributed by atoms with Crippen LogP contribution in [0.2, 0.25) is 0 Å². The molecule has 0 radical (unpaired) electrons. The number of hydrogen-bond donors (Lipinski definition) is 3. The van der Waals surface area contributed by atoms with Gasteiger partial charge in [-0.2, -0.15) is 0 Å². The molecule has 31 heavy (non-hydrogen) atoms. The van der Waals surface area contributed by atoms with Crippen LogP contribution in [-0.4, -0.2) is 51.5 Å². The molecular formula is C25H36O6. The zero-order valence-electron chi connectivity index (χ0n) is 18.9. The van der Waals surface area contributed by atoms with Crippen molar-refractivity contribution in [2.45, 2.75) is 71.3 Å². The molecule has 0 aromatic rings. The number of carbonyl (C=O) groups is 3. The Kier molecular flexibility index (Phi) is 6.76. The molecule has 0 heterocycles. The summed E-state index contributed by atoms with van der Waals surface area (Å²) >= 11 is 0. The van der Waals surface area contributed by atoms with Crippen LogP contribution in [0, 0.1) is 28.6 Å². The summed E-state index contributed by atoms with van der Waals surface area (Å²) in [4.78, 5) is 37.4. The Labute approximate surface area is 184 Å². The average Bonchev–Trinajstić information content (AvgIpc) is 3.00. The van der Waals surface area contributed by atoms with Crippen molar-refractivity contribution in [1.29, 1.82) is 0 Å². The normalized spacial score (nSPS) is 40.8. The second kappa shape index (κ2) is 8.72. The first-order valence-corrected chi connectivity index (χ1v) is 11.5. The molecule has 6 atom stereocenters. The molecule has 0 aromatic carbocycles. The Morgan fingerprint density at radius 3 is 2.48 bits per heavy atom. The van der Waals surface area contributed by atoms with E-state index in [1.54, 1.807) is 12.2 Å². The van der Waals surface area contributed by atoms with Gasteiger partial charge in [0.25, 0.3) is 0 Å². The predicted molar refractivity (Wildman–Crippen MR) is 116 cm³/mol. The minimum atomic E-state index is -1.62. The monoisotopic (exact) mass is 432 g/mol. The topological polar surface area (TPSA) is 112 Å². The summed E-state index contributed by atoms with van der Waals surface area (Å²) in [6, 6.07) is 0. The van der Waals surface area contributed by atoms with E-state index in [1.165, 1.54) is 0 Å². The second-order valence-electron chi connectivity index (χ2n) is 10.1. The van der Waals surface area contributed by atoms with Crippen LogP contribution in [0.1, 0.15) is 65.7 Å². The first-order valence-electron chi connectivity index (χ1n) is 11.5. The quantitative estimate of drug-likeness (QED) is 0.629. The lowest BCUT2D eigenvalue weighted by Gasteiger charge is -2.56. The molecule has 6 heteroatoms. The number of fused-ring (bicyclic) bond motifs is 5. The van der Waals surface area contributed by atoms with E-state index in [0.29, 0.717) is 19.4 Å². The molecule has 0 spiro atoms. The SMILES string of the molecule is CCCCO.C[C@]12C=CC(=O)C=C1CC[C@@H]1[C@@H]2C(=O)C[C@@]2(C)[C@H]1CC[C@]2(O)C(=O)CO. The van der Waals surface area contributed by atoms with Crippen molar-refractivity contribution >= 4 is 17.3 Å². The Morgan fingerprint density at radius 2 is 1.90 bits per heavy atom. The van der Waals surface area contributed by atoms with Gasteiger partial charge in [0.1, 0.15) is 18.0 Å². The highest BCUT2D eigenvalue weighted by molar-refractivity contribution is 6.02. The van der Waals surface area contributed by atoms with E-state index in [-0.39, 0.29) is 35.7 Å². The molecule has 3 fully saturated rings. The number of aliphatic hydroxyl groups excluding tert-OH is 2. The lowest BCUT2D eigenvalue weighted by molar-refractivity contribution is -0.168. The molecule has 172 valence electrons. The maximum Gasteiger partial charge on any atom is 0.190 e. The summed E-state index contributed by atoms with van der Waals surface area (Å²) in [7, 11) is 0. The van der Waals surface area contributed by atoms with E-state index in [1.807, 2.05) is 19.9 Å². The van der Waals surface area contributed by atoms with Gasteiger partial charge in [-0.15, -0.1) is 0 Å². The third-order valence-electron chi connectivity index (χ3n) is 8.53. The van der Waals surface area contributed by atoms with E-state index in [0.717, 1.165) is 31.3 Å². The van der Waals surface area contributed by atoms with Gasteiger partial charge in [-0.3, -0.25) is 14.4 Å². The largest absolute Gasteiger partial charge is 0.396 e. The Hall–Kier alpha value is -1.63. The highest BCUT2D eigenvalue weighted by atomic mass is 16.3. The molecule has 3 N–H and O–H groups in total. The number of rotatable bonds is 4. The maximum atomic E-state index is 13.3. The van der Waals surface area contributed by atoms with Crippen LogP contribution in [0.15, 0.2) is 23.8 Å². The summed E-state index contributed by atoms with van der Waals surface area (Å²) in [5.41, 5.74) is -1.86. The molecule has 3 saturated carbocycles. The average molecular weight is 433 g/mol. The maximum absolute atomic E-state index is 13.3. The minimum Gasteiger partial charge on any atom is -0.396 e. The van der Waals surface area contributed by atoms with Crippen LogP contribution < -0.4 is 0 Å². The van der Waals surface area contributed by atoms with Crippen molar-refractivity contribution in [2.24, 2.45) is 28.6 Å². The fraction of sp³-hybridized carbons (Fsp3) is 0.720. The molecule has 4 aliphatic rings. The number of aliphatic hydroxyl groups is 3. The van der Waals surface area contributed by atoms with Crippen molar-refractivity contribution < 1.29 is 29.7 Å². The highest BCUT2D eigenvalue weighted by Crippen LogP contribution is 2.66. The van der Waals surface area contributed by atoms with Gasteiger partial charge >= 0.3 is 0 Å². The van der Waals surface area contributed by atoms with E-state index in [9.17, 15) is 24.6 Å². The standard InChI is InChI=1S/C21H26O5.C4H10O/c1-19-7-5-13(23)9-12(19)3-4-14-15-6-8-21(26,17(25)11-22)20(15,2)10-16(24)18(14)19;1-2-3-4-5/h5,7,9,14-15,18,22,26H,3-4,6,8,10-11H2,1-2H3;5H,2-4H2,1H3/t14-,15-,18+,19-,20-,21-;/m0./s1. The molecule has 4 aliphatic carbocycles. The van der Waals surface area contributed by atoms with E-state index in [4.69, 9.17) is 5.11 Å². The van der Waals surface area contributed by atoms with Crippen molar-refractivity contribution in [1.82, 2.24) is 0 Å². The molecule has 4 rings (SSSR count). The Bertz CT molecular complexity index is 811. The number of carbonyl (C=O) groups excluding carboxylic acids is 3. The predicted octanol–water partition coefficient (Wildman–Crippen LogP) is 2.54. The number of Topliss-reactive ketones (excluding diaryl/α,β-unsaturated/α-hetero) is 2. The lowest BCUT2D eigenvalue weighted by atomic mass is 9.46. The molecule has 0 amide bonds. The van der Waals surface area contributed by atoms with Crippen molar-refractivity contribution in [2.75, 3.05) is 13.2 Å². The van der Waals surface area contributed by atoms with Gasteiger partial charge in [-0.1, -0.05) is 38.8 Å². The van der Waals surface area contributed by atoms with Crippen LogP contribution >= 0.6 is 0 Å². The van der Waals surface area contributed by atoms with Gasteiger partial charge in [0.2, 0.25) is 0 Å². The fourth-order valence-corrected chi connectivity index (χ4v) is 6.78. The first kappa shape index (κ1) is 24.0. The number of unbranched alkanes of at least 4 members (excludes halogenated alkanes) is 1. The van der Waals surface area contributed by atoms with Gasteiger partial charge in [-0.25, -0.2) is 0 Å². The van der Waals surface area contributed by atoms with Crippen LogP contribution in [0.25, 0.3) is 0 Å². The highest BCUT2D eigenvalue weighted by Gasteiger charge is 2.68. The van der Waals surface area contributed by atoms with Crippen molar-refractivity contribution in [3.63, 3.8) is 0 Å². The van der Waals surface area contributed by atoms with Gasteiger partial charge in [0.05, 0.1) is 0 Å². The first-order chi connectivity index (χ1) is 14.6. The summed E-state index contributed by atoms with van der Waals surface area (Å²) in [5, 5.41) is 28.5. The zero-order valence-corrected chi connectivity index (χ0v) is 18.9. The number of hydrogen-bond acceptors (Lipinski definition) is 6. The van der Waals surface area contributed by atoms with Gasteiger partial charge in [0.15, 0.2) is 11.6 Å². The third-order valence-corrected chi connectivity index (χ3v) is 8.53. The van der Waals surface area contributed by atoms with E-state index < -0.39 is 28.8 Å². The number of allylic oxidation sites excluding steroid dienone is 4.